The maximum Gasteiger partial charge on any atom is 0.166 e. The van der Waals surface area contributed by atoms with Gasteiger partial charge in [0.25, 0.3) is 0 Å². The summed E-state index contributed by atoms with van der Waals surface area (Å²) >= 11 is 0. The fourth-order valence-corrected chi connectivity index (χ4v) is 1.18. The van der Waals surface area contributed by atoms with E-state index in [1.54, 1.807) is 24.5 Å². The van der Waals surface area contributed by atoms with E-state index in [4.69, 9.17) is 4.74 Å². The lowest BCUT2D eigenvalue weighted by atomic mass is 10.0. The summed E-state index contributed by atoms with van der Waals surface area (Å²) in [5, 5.41) is 0. The van der Waals surface area contributed by atoms with Gasteiger partial charge in [-0.2, -0.15) is 0 Å². The molecule has 0 fully saturated rings. The lowest BCUT2D eigenvalue weighted by molar-refractivity contribution is -0.113. The number of ketones is 1. The molecule has 1 aromatic rings. The number of aromatic nitrogens is 1. The van der Waals surface area contributed by atoms with Crippen molar-refractivity contribution in [2.45, 2.75) is 20.3 Å². The lowest BCUT2D eigenvalue weighted by Gasteiger charge is -2.05. The first kappa shape index (κ1) is 11.4. The number of pyridine rings is 1. The molecule has 80 valence electrons. The Bertz CT molecular complexity index is 344. The fourth-order valence-electron chi connectivity index (χ4n) is 1.18. The number of Topliss-reactive ketones (excluding diaryl/α,β-unsaturated/α-hetero) is 1. The summed E-state index contributed by atoms with van der Waals surface area (Å²) in [6.07, 6.45) is 5.33. The molecule has 0 amide bonds. The standard InChI is InChI=1S/C12H15NO2/c1-3-12(14)11(9-15-4-2)10-5-7-13-8-6-10/h5-9H,3-4H2,1-2H3/b11-9-. The van der Waals surface area contributed by atoms with Crippen LogP contribution in [0.25, 0.3) is 5.57 Å². The third-order valence-electron chi connectivity index (χ3n) is 1.98. The number of ether oxygens (including phenoxy) is 1. The zero-order valence-corrected chi connectivity index (χ0v) is 9.06. The van der Waals surface area contributed by atoms with Gasteiger partial charge in [-0.05, 0) is 24.6 Å². The van der Waals surface area contributed by atoms with Crippen molar-refractivity contribution in [2.75, 3.05) is 6.61 Å². The van der Waals surface area contributed by atoms with Crippen LogP contribution in [0, 0.1) is 0 Å². The molecule has 0 bridgehead atoms. The quantitative estimate of drug-likeness (QED) is 0.547. The molecule has 3 heteroatoms. The van der Waals surface area contributed by atoms with Crippen LogP contribution < -0.4 is 0 Å². The number of carbonyl (C=O) groups excluding carboxylic acids is 1. The van der Waals surface area contributed by atoms with Crippen LogP contribution in [0.15, 0.2) is 30.8 Å². The second-order valence-corrected chi connectivity index (χ2v) is 3.00. The van der Waals surface area contributed by atoms with Gasteiger partial charge in [-0.25, -0.2) is 0 Å². The molecule has 15 heavy (non-hydrogen) atoms. The van der Waals surface area contributed by atoms with Crippen molar-refractivity contribution in [2.24, 2.45) is 0 Å². The Hall–Kier alpha value is -1.64. The molecule has 1 heterocycles. The van der Waals surface area contributed by atoms with Gasteiger partial charge in [-0.1, -0.05) is 6.92 Å². The van der Waals surface area contributed by atoms with Crippen molar-refractivity contribution >= 4 is 11.4 Å². The maximum atomic E-state index is 11.6. The molecule has 1 rings (SSSR count). The maximum absolute atomic E-state index is 11.6. The second-order valence-electron chi connectivity index (χ2n) is 3.00. The summed E-state index contributed by atoms with van der Waals surface area (Å²) < 4.78 is 5.17. The average molecular weight is 205 g/mol. The van der Waals surface area contributed by atoms with Crippen molar-refractivity contribution in [3.63, 3.8) is 0 Å². The molecule has 0 aliphatic carbocycles. The molecular weight excluding hydrogens is 190 g/mol. The molecule has 0 aromatic carbocycles. The second kappa shape index (κ2) is 5.96. The molecule has 0 atom stereocenters. The molecule has 0 N–H and O–H groups in total. The molecule has 0 aliphatic rings. The van der Waals surface area contributed by atoms with E-state index in [1.165, 1.54) is 6.26 Å². The van der Waals surface area contributed by atoms with Crippen LogP contribution in [0.4, 0.5) is 0 Å². The number of nitrogens with zero attached hydrogens (tertiary/aromatic N) is 1. The van der Waals surface area contributed by atoms with Crippen LogP contribution in [-0.4, -0.2) is 17.4 Å². The van der Waals surface area contributed by atoms with Gasteiger partial charge < -0.3 is 4.74 Å². The van der Waals surface area contributed by atoms with Crippen LogP contribution in [0.1, 0.15) is 25.8 Å². The average Bonchev–Trinajstić information content (AvgIpc) is 2.30. The molecule has 0 saturated carbocycles. The van der Waals surface area contributed by atoms with Crippen molar-refractivity contribution in [3.05, 3.63) is 36.4 Å². The predicted octanol–water partition coefficient (Wildman–Crippen LogP) is 2.44. The van der Waals surface area contributed by atoms with E-state index in [0.29, 0.717) is 18.6 Å². The molecular formula is C12H15NO2. The molecule has 3 nitrogen and oxygen atoms in total. The van der Waals surface area contributed by atoms with Crippen molar-refractivity contribution < 1.29 is 9.53 Å². The van der Waals surface area contributed by atoms with E-state index < -0.39 is 0 Å². The van der Waals surface area contributed by atoms with Crippen LogP contribution in [0.5, 0.6) is 0 Å². The topological polar surface area (TPSA) is 39.2 Å². The minimum atomic E-state index is 0.0784. The van der Waals surface area contributed by atoms with Gasteiger partial charge in [0.05, 0.1) is 18.4 Å². The summed E-state index contributed by atoms with van der Waals surface area (Å²) in [5.41, 5.74) is 1.46. The Kier molecular flexibility index (Phi) is 4.54. The van der Waals surface area contributed by atoms with Gasteiger partial charge >= 0.3 is 0 Å². The van der Waals surface area contributed by atoms with Crippen LogP contribution >= 0.6 is 0 Å². The highest BCUT2D eigenvalue weighted by molar-refractivity contribution is 6.20. The first-order chi connectivity index (χ1) is 7.29. The normalized spacial score (nSPS) is 11.2. The molecule has 0 radical (unpaired) electrons. The number of allylic oxidation sites excluding steroid dienone is 1. The number of rotatable bonds is 5. The number of hydrogen-bond donors (Lipinski definition) is 0. The molecule has 1 aromatic heterocycles. The third kappa shape index (κ3) is 3.20. The molecule has 0 spiro atoms. The summed E-state index contributed by atoms with van der Waals surface area (Å²) in [7, 11) is 0. The van der Waals surface area contributed by atoms with Gasteiger partial charge in [-0.15, -0.1) is 0 Å². The summed E-state index contributed by atoms with van der Waals surface area (Å²) in [6.45, 7) is 4.28. The Balaban J connectivity index is 2.96. The van der Waals surface area contributed by atoms with Crippen LogP contribution in [0.2, 0.25) is 0 Å². The largest absolute Gasteiger partial charge is 0.501 e. The predicted molar refractivity (Wildman–Crippen MR) is 59.1 cm³/mol. The Morgan fingerprint density at radius 3 is 2.60 bits per heavy atom. The zero-order chi connectivity index (χ0) is 11.1. The minimum Gasteiger partial charge on any atom is -0.501 e. The molecule has 0 unspecified atom stereocenters. The fraction of sp³-hybridized carbons (Fsp3) is 0.333. The zero-order valence-electron chi connectivity index (χ0n) is 9.06. The smallest absolute Gasteiger partial charge is 0.166 e. The third-order valence-corrected chi connectivity index (χ3v) is 1.98. The highest BCUT2D eigenvalue weighted by Gasteiger charge is 2.09. The number of carbonyl (C=O) groups is 1. The van der Waals surface area contributed by atoms with Crippen LogP contribution in [0.3, 0.4) is 0 Å². The summed E-state index contributed by atoms with van der Waals surface area (Å²) in [5.74, 6) is 0.0784. The van der Waals surface area contributed by atoms with Crippen molar-refractivity contribution in [1.29, 1.82) is 0 Å². The molecule has 0 saturated heterocycles. The van der Waals surface area contributed by atoms with E-state index in [-0.39, 0.29) is 5.78 Å². The van der Waals surface area contributed by atoms with E-state index >= 15 is 0 Å². The van der Waals surface area contributed by atoms with Crippen LogP contribution in [-0.2, 0) is 9.53 Å². The Morgan fingerprint density at radius 1 is 1.40 bits per heavy atom. The SMILES string of the molecule is CCO/C=C(\C(=O)CC)c1ccncc1. The number of hydrogen-bond acceptors (Lipinski definition) is 3. The summed E-state index contributed by atoms with van der Waals surface area (Å²) in [4.78, 5) is 15.6. The first-order valence-electron chi connectivity index (χ1n) is 5.05. The van der Waals surface area contributed by atoms with Crippen molar-refractivity contribution in [1.82, 2.24) is 4.98 Å². The van der Waals surface area contributed by atoms with Gasteiger partial charge in [0, 0.05) is 18.8 Å². The monoisotopic (exact) mass is 205 g/mol. The highest BCUT2D eigenvalue weighted by atomic mass is 16.5. The van der Waals surface area contributed by atoms with Gasteiger partial charge in [-0.3, -0.25) is 9.78 Å². The van der Waals surface area contributed by atoms with E-state index in [9.17, 15) is 4.79 Å². The van der Waals surface area contributed by atoms with E-state index in [2.05, 4.69) is 4.98 Å². The highest BCUT2D eigenvalue weighted by Crippen LogP contribution is 2.15. The van der Waals surface area contributed by atoms with Gasteiger partial charge in [0.15, 0.2) is 5.78 Å². The minimum absolute atomic E-state index is 0.0784. The molecule has 0 aliphatic heterocycles. The van der Waals surface area contributed by atoms with Crippen molar-refractivity contribution in [3.8, 4) is 0 Å². The lowest BCUT2D eigenvalue weighted by Crippen LogP contribution is -2.01. The summed E-state index contributed by atoms with van der Waals surface area (Å²) in [6, 6.07) is 3.61. The Morgan fingerprint density at radius 2 is 2.07 bits per heavy atom. The van der Waals surface area contributed by atoms with Gasteiger partial charge in [0.2, 0.25) is 0 Å². The van der Waals surface area contributed by atoms with Gasteiger partial charge in [0.1, 0.15) is 0 Å². The van der Waals surface area contributed by atoms with E-state index in [0.717, 1.165) is 5.56 Å². The first-order valence-corrected chi connectivity index (χ1v) is 5.05. The van der Waals surface area contributed by atoms with E-state index in [1.807, 2.05) is 13.8 Å². The Labute approximate surface area is 89.8 Å².